The Balaban J connectivity index is 1.33. The highest BCUT2D eigenvalue weighted by molar-refractivity contribution is 6.03. The lowest BCUT2D eigenvalue weighted by Gasteiger charge is -2.35. The van der Waals surface area contributed by atoms with Crippen LogP contribution in [0.4, 0.5) is 22.0 Å². The van der Waals surface area contributed by atoms with Crippen molar-refractivity contribution in [2.75, 3.05) is 34.8 Å². The van der Waals surface area contributed by atoms with Gasteiger partial charge >= 0.3 is 12.0 Å². The van der Waals surface area contributed by atoms with Crippen LogP contribution in [0.3, 0.4) is 0 Å². The van der Waals surface area contributed by atoms with E-state index >= 15 is 0 Å². The molecule has 1 fully saturated rings. The highest BCUT2D eigenvalue weighted by Gasteiger charge is 2.30. The summed E-state index contributed by atoms with van der Waals surface area (Å²) < 4.78 is 6.22. The van der Waals surface area contributed by atoms with Crippen molar-refractivity contribution in [3.05, 3.63) is 66.9 Å². The molecule has 3 aromatic rings. The minimum Gasteiger partial charge on any atom is -0.486 e. The van der Waals surface area contributed by atoms with Crippen LogP contribution in [0, 0.1) is 5.92 Å². The number of anilines is 3. The fraction of sp³-hybridized carbons (Fsp3) is 0.321. The highest BCUT2D eigenvalue weighted by atomic mass is 16.5. The molecule has 1 unspecified atom stereocenters. The maximum Gasteiger partial charge on any atom is 0.326 e. The molecule has 8 nitrogen and oxygen atoms in total. The zero-order chi connectivity index (χ0) is 25.1. The number of pyridine rings is 1. The lowest BCUT2D eigenvalue weighted by Crippen LogP contribution is -2.45. The molecule has 0 radical (unpaired) electrons. The van der Waals surface area contributed by atoms with Crippen molar-refractivity contribution in [2.45, 2.75) is 32.3 Å². The van der Waals surface area contributed by atoms with Gasteiger partial charge in [0, 0.05) is 30.5 Å². The number of fused-ring (bicyclic) bond motifs is 1. The molecule has 3 heterocycles. The average molecular weight is 487 g/mol. The summed E-state index contributed by atoms with van der Waals surface area (Å²) >= 11 is 0. The van der Waals surface area contributed by atoms with Gasteiger partial charge in [-0.15, -0.1) is 0 Å². The number of aliphatic carboxylic acids is 1. The predicted molar refractivity (Wildman–Crippen MR) is 140 cm³/mol. The third-order valence-corrected chi connectivity index (χ3v) is 6.91. The quantitative estimate of drug-likeness (QED) is 0.511. The number of hydrogen-bond acceptors (Lipinski definition) is 5. The molecule has 2 N–H and O–H groups in total. The molecule has 0 aliphatic carbocycles. The van der Waals surface area contributed by atoms with Gasteiger partial charge in [0.05, 0.1) is 18.2 Å². The number of aromatic nitrogens is 1. The molecule has 186 valence electrons. The maximum absolute atomic E-state index is 13.1. The van der Waals surface area contributed by atoms with Gasteiger partial charge in [-0.25, -0.2) is 9.78 Å². The van der Waals surface area contributed by atoms with Crippen LogP contribution in [0.1, 0.15) is 26.2 Å². The van der Waals surface area contributed by atoms with E-state index in [1.807, 2.05) is 66.9 Å². The molecule has 0 bridgehead atoms. The van der Waals surface area contributed by atoms with Crippen molar-refractivity contribution in [3.8, 4) is 16.9 Å². The van der Waals surface area contributed by atoms with Crippen LogP contribution in [0.2, 0.25) is 0 Å². The summed E-state index contributed by atoms with van der Waals surface area (Å²) in [6, 6.07) is 19.1. The summed E-state index contributed by atoms with van der Waals surface area (Å²) in [5.74, 6) is 0.548. The van der Waals surface area contributed by atoms with Crippen LogP contribution < -0.4 is 19.9 Å². The van der Waals surface area contributed by atoms with Crippen LogP contribution in [-0.2, 0) is 4.79 Å². The molecule has 0 saturated carbocycles. The second-order valence-electron chi connectivity index (χ2n) is 9.24. The number of rotatable bonds is 5. The molecule has 8 heteroatoms. The molecule has 1 saturated heterocycles. The van der Waals surface area contributed by atoms with Crippen LogP contribution in [0.15, 0.2) is 66.9 Å². The zero-order valence-corrected chi connectivity index (χ0v) is 20.3. The lowest BCUT2D eigenvalue weighted by molar-refractivity contribution is -0.142. The number of amides is 2. The standard InChI is InChI=1S/C28H30N4O4/c1-2-23-18-32(28(35)30-22-6-4-3-5-7-22)24-10-8-20(16-25(24)36-23)21-9-11-26(29-17-21)31-14-12-19(13-15-31)27(33)34/h3-11,16-17,19,23H,2,12-15,18H2,1H3,(H,30,35)(H,33,34). The van der Waals surface area contributed by atoms with Crippen LogP contribution in [-0.4, -0.2) is 47.8 Å². The number of hydrogen-bond donors (Lipinski definition) is 2. The number of carbonyl (C=O) groups excluding carboxylic acids is 1. The summed E-state index contributed by atoms with van der Waals surface area (Å²) in [5.41, 5.74) is 3.39. The summed E-state index contributed by atoms with van der Waals surface area (Å²) in [7, 11) is 0. The van der Waals surface area contributed by atoms with E-state index in [0.29, 0.717) is 38.2 Å². The van der Waals surface area contributed by atoms with Gasteiger partial charge in [-0.3, -0.25) is 9.69 Å². The molecule has 2 amide bonds. The Labute approximate surface area is 210 Å². The summed E-state index contributed by atoms with van der Waals surface area (Å²) in [6.45, 7) is 3.91. The third kappa shape index (κ3) is 4.98. The molecule has 2 aromatic carbocycles. The number of ether oxygens (including phenoxy) is 1. The molecule has 0 spiro atoms. The van der Waals surface area contributed by atoms with Crippen LogP contribution >= 0.6 is 0 Å². The lowest BCUT2D eigenvalue weighted by atomic mass is 9.97. The van der Waals surface area contributed by atoms with Gasteiger partial charge < -0.3 is 20.1 Å². The largest absolute Gasteiger partial charge is 0.486 e. The summed E-state index contributed by atoms with van der Waals surface area (Å²) in [4.78, 5) is 32.8. The number of benzene rings is 2. The molecule has 36 heavy (non-hydrogen) atoms. The minimum atomic E-state index is -0.714. The molecule has 1 atom stereocenters. The normalized spacial score (nSPS) is 17.8. The van der Waals surface area contributed by atoms with E-state index < -0.39 is 5.97 Å². The number of carboxylic acids is 1. The minimum absolute atomic E-state index is 0.0940. The van der Waals surface area contributed by atoms with E-state index in [1.165, 1.54) is 0 Å². The molecule has 1 aromatic heterocycles. The van der Waals surface area contributed by atoms with Gasteiger partial charge in [0.2, 0.25) is 0 Å². The number of piperidine rings is 1. The van der Waals surface area contributed by atoms with Gasteiger partial charge in [-0.05, 0) is 61.2 Å². The van der Waals surface area contributed by atoms with Crippen molar-refractivity contribution in [1.82, 2.24) is 4.98 Å². The second-order valence-corrected chi connectivity index (χ2v) is 9.24. The Morgan fingerprint density at radius 2 is 1.81 bits per heavy atom. The van der Waals surface area contributed by atoms with Gasteiger partial charge in [0.15, 0.2) is 0 Å². The van der Waals surface area contributed by atoms with E-state index in [-0.39, 0.29) is 18.1 Å². The van der Waals surface area contributed by atoms with Crippen LogP contribution in [0.5, 0.6) is 5.75 Å². The Hall–Kier alpha value is -4.07. The topological polar surface area (TPSA) is 95.0 Å². The Kier molecular flexibility index (Phi) is 6.75. The predicted octanol–water partition coefficient (Wildman–Crippen LogP) is 5.26. The number of para-hydroxylation sites is 1. The monoisotopic (exact) mass is 486 g/mol. The first kappa shape index (κ1) is 23.7. The van der Waals surface area contributed by atoms with Gasteiger partial charge in [-0.1, -0.05) is 31.2 Å². The van der Waals surface area contributed by atoms with Gasteiger partial charge in [0.1, 0.15) is 17.7 Å². The number of nitrogens with one attached hydrogen (secondary N) is 1. The fourth-order valence-electron chi connectivity index (χ4n) is 4.75. The first-order valence-corrected chi connectivity index (χ1v) is 12.4. The number of carboxylic acid groups (broad SMARTS) is 1. The Bertz CT molecular complexity index is 1220. The molecule has 2 aliphatic heterocycles. The number of carbonyl (C=O) groups is 2. The van der Waals surface area contributed by atoms with Crippen molar-refractivity contribution in [1.29, 1.82) is 0 Å². The number of nitrogens with zero attached hydrogens (tertiary/aromatic N) is 3. The van der Waals surface area contributed by atoms with E-state index in [9.17, 15) is 14.7 Å². The first-order chi connectivity index (χ1) is 17.5. The second kappa shape index (κ2) is 10.3. The summed E-state index contributed by atoms with van der Waals surface area (Å²) in [5, 5.41) is 12.2. The number of urea groups is 1. The molecular weight excluding hydrogens is 456 g/mol. The third-order valence-electron chi connectivity index (χ3n) is 6.91. The summed E-state index contributed by atoms with van der Waals surface area (Å²) in [6.07, 6.45) is 3.79. The van der Waals surface area contributed by atoms with Crippen molar-refractivity contribution < 1.29 is 19.4 Å². The van der Waals surface area contributed by atoms with Crippen molar-refractivity contribution >= 4 is 29.2 Å². The van der Waals surface area contributed by atoms with E-state index in [1.54, 1.807) is 4.90 Å². The van der Waals surface area contributed by atoms with Crippen molar-refractivity contribution in [3.63, 3.8) is 0 Å². The zero-order valence-electron chi connectivity index (χ0n) is 20.3. The van der Waals surface area contributed by atoms with Crippen LogP contribution in [0.25, 0.3) is 11.1 Å². The molecule has 2 aliphatic rings. The average Bonchev–Trinajstić information content (AvgIpc) is 2.92. The Morgan fingerprint density at radius 1 is 1.06 bits per heavy atom. The Morgan fingerprint density at radius 3 is 2.47 bits per heavy atom. The van der Waals surface area contributed by atoms with E-state index in [2.05, 4.69) is 22.1 Å². The SMILES string of the molecule is CCC1CN(C(=O)Nc2ccccc2)c2ccc(-c3ccc(N4CCC(C(=O)O)CC4)nc3)cc2O1. The van der Waals surface area contributed by atoms with E-state index in [0.717, 1.165) is 34.7 Å². The molecular formula is C28H30N4O4. The first-order valence-electron chi connectivity index (χ1n) is 12.4. The van der Waals surface area contributed by atoms with E-state index in [4.69, 9.17) is 4.74 Å². The van der Waals surface area contributed by atoms with Gasteiger partial charge in [-0.2, -0.15) is 0 Å². The smallest absolute Gasteiger partial charge is 0.326 e. The maximum atomic E-state index is 13.1. The van der Waals surface area contributed by atoms with Crippen molar-refractivity contribution in [2.24, 2.45) is 5.92 Å². The van der Waals surface area contributed by atoms with Gasteiger partial charge in [0.25, 0.3) is 0 Å². The molecule has 5 rings (SSSR count). The highest BCUT2D eigenvalue weighted by Crippen LogP contribution is 2.38. The fourth-order valence-corrected chi connectivity index (χ4v) is 4.75.